The molecule has 2 atom stereocenters. The Kier molecular flexibility index (Phi) is 3.75. The minimum Gasteiger partial charge on any atom is -0.481 e. The van der Waals surface area contributed by atoms with Crippen molar-refractivity contribution in [1.82, 2.24) is 4.90 Å². The first-order valence-electron chi connectivity index (χ1n) is 5.96. The Hall–Kier alpha value is -0.880. The van der Waals surface area contributed by atoms with Crippen molar-refractivity contribution in [3.8, 4) is 0 Å². The van der Waals surface area contributed by atoms with Gasteiger partial charge in [-0.2, -0.15) is 0 Å². The standard InChI is InChI=1S/C13H16BrNO3S/c1-13(2)9(10(13)12(17)18)11(16)15(3)5-7-4-8(14)19-6-7/h4,6,9-10H,5H2,1-3H3,(H,17,18). The molecule has 1 aliphatic rings. The summed E-state index contributed by atoms with van der Waals surface area (Å²) in [7, 11) is 1.72. The van der Waals surface area contributed by atoms with Crippen LogP contribution >= 0.6 is 27.3 Å². The number of hydrogen-bond donors (Lipinski definition) is 1. The van der Waals surface area contributed by atoms with Crippen LogP contribution in [-0.2, 0) is 16.1 Å². The number of amides is 1. The average molecular weight is 346 g/mol. The molecule has 1 aromatic heterocycles. The molecule has 0 radical (unpaired) electrons. The molecule has 1 amide bonds. The third-order valence-corrected chi connectivity index (χ3v) is 5.33. The summed E-state index contributed by atoms with van der Waals surface area (Å²) in [6, 6.07) is 1.97. The van der Waals surface area contributed by atoms with Gasteiger partial charge in [-0.3, -0.25) is 9.59 Å². The van der Waals surface area contributed by atoms with E-state index >= 15 is 0 Å². The van der Waals surface area contributed by atoms with Crippen molar-refractivity contribution in [2.45, 2.75) is 20.4 Å². The van der Waals surface area contributed by atoms with Gasteiger partial charge in [-0.05, 0) is 38.4 Å². The van der Waals surface area contributed by atoms with Gasteiger partial charge in [-0.1, -0.05) is 13.8 Å². The van der Waals surface area contributed by atoms with Crippen LogP contribution in [0.4, 0.5) is 0 Å². The van der Waals surface area contributed by atoms with E-state index in [1.165, 1.54) is 0 Å². The van der Waals surface area contributed by atoms with E-state index in [1.54, 1.807) is 23.3 Å². The minimum absolute atomic E-state index is 0.0836. The minimum atomic E-state index is -0.880. The van der Waals surface area contributed by atoms with E-state index in [2.05, 4.69) is 15.9 Å². The molecule has 1 heterocycles. The molecule has 1 aromatic rings. The van der Waals surface area contributed by atoms with Gasteiger partial charge in [0.05, 0.1) is 15.6 Å². The Labute approximate surface area is 124 Å². The van der Waals surface area contributed by atoms with Gasteiger partial charge in [-0.15, -0.1) is 11.3 Å². The number of hydrogen-bond acceptors (Lipinski definition) is 3. The van der Waals surface area contributed by atoms with Crippen LogP contribution in [0.2, 0.25) is 0 Å². The quantitative estimate of drug-likeness (QED) is 0.912. The Morgan fingerprint density at radius 2 is 2.11 bits per heavy atom. The van der Waals surface area contributed by atoms with Gasteiger partial charge in [0.1, 0.15) is 0 Å². The van der Waals surface area contributed by atoms with Crippen molar-refractivity contribution >= 4 is 39.1 Å². The third kappa shape index (κ3) is 2.69. The summed E-state index contributed by atoms with van der Waals surface area (Å²) in [6.07, 6.45) is 0. The number of aliphatic carboxylic acids is 1. The highest BCUT2D eigenvalue weighted by Crippen LogP contribution is 2.59. The highest BCUT2D eigenvalue weighted by molar-refractivity contribution is 9.11. The van der Waals surface area contributed by atoms with E-state index in [4.69, 9.17) is 5.11 Å². The molecule has 1 saturated carbocycles. The SMILES string of the molecule is CN(Cc1csc(Br)c1)C(=O)C1C(C(=O)O)C1(C)C. The normalized spacial score (nSPS) is 24.0. The van der Waals surface area contributed by atoms with Crippen LogP contribution in [0.5, 0.6) is 0 Å². The van der Waals surface area contributed by atoms with E-state index < -0.39 is 23.2 Å². The van der Waals surface area contributed by atoms with Crippen LogP contribution in [-0.4, -0.2) is 28.9 Å². The van der Waals surface area contributed by atoms with Crippen molar-refractivity contribution in [2.24, 2.45) is 17.3 Å². The monoisotopic (exact) mass is 345 g/mol. The number of carbonyl (C=O) groups excluding carboxylic acids is 1. The van der Waals surface area contributed by atoms with Crippen molar-refractivity contribution in [2.75, 3.05) is 7.05 Å². The fourth-order valence-electron chi connectivity index (χ4n) is 2.58. The number of carboxylic acids is 1. The molecule has 1 fully saturated rings. The molecule has 1 aliphatic carbocycles. The highest BCUT2D eigenvalue weighted by Gasteiger charge is 2.66. The second kappa shape index (κ2) is 4.90. The maximum atomic E-state index is 12.3. The fraction of sp³-hybridized carbons (Fsp3) is 0.538. The van der Waals surface area contributed by atoms with Crippen LogP contribution in [0.1, 0.15) is 19.4 Å². The lowest BCUT2D eigenvalue weighted by Gasteiger charge is -2.17. The zero-order valence-electron chi connectivity index (χ0n) is 11.0. The van der Waals surface area contributed by atoms with Crippen LogP contribution in [0, 0.1) is 17.3 Å². The van der Waals surface area contributed by atoms with Crippen LogP contribution in [0.15, 0.2) is 15.2 Å². The molecule has 0 aliphatic heterocycles. The topological polar surface area (TPSA) is 57.6 Å². The maximum absolute atomic E-state index is 12.3. The van der Waals surface area contributed by atoms with E-state index in [0.29, 0.717) is 6.54 Å². The van der Waals surface area contributed by atoms with Gasteiger partial charge in [-0.25, -0.2) is 0 Å². The lowest BCUT2D eigenvalue weighted by Crippen LogP contribution is -2.29. The van der Waals surface area contributed by atoms with Gasteiger partial charge in [0.2, 0.25) is 5.91 Å². The molecule has 0 aromatic carbocycles. The number of carboxylic acid groups (broad SMARTS) is 1. The zero-order chi connectivity index (χ0) is 14.4. The van der Waals surface area contributed by atoms with E-state index in [9.17, 15) is 9.59 Å². The Morgan fingerprint density at radius 3 is 2.53 bits per heavy atom. The molecule has 19 heavy (non-hydrogen) atoms. The van der Waals surface area contributed by atoms with Gasteiger partial charge in [0, 0.05) is 13.6 Å². The number of thiophene rings is 1. The first-order chi connectivity index (χ1) is 8.75. The predicted molar refractivity (Wildman–Crippen MR) is 76.9 cm³/mol. The first-order valence-corrected chi connectivity index (χ1v) is 7.63. The van der Waals surface area contributed by atoms with Crippen molar-refractivity contribution in [3.05, 3.63) is 20.8 Å². The largest absolute Gasteiger partial charge is 0.481 e. The van der Waals surface area contributed by atoms with Crippen molar-refractivity contribution < 1.29 is 14.7 Å². The Bertz CT molecular complexity index is 526. The highest BCUT2D eigenvalue weighted by atomic mass is 79.9. The van der Waals surface area contributed by atoms with Gasteiger partial charge >= 0.3 is 5.97 Å². The molecule has 0 spiro atoms. The molecule has 0 bridgehead atoms. The summed E-state index contributed by atoms with van der Waals surface area (Å²) < 4.78 is 1.03. The van der Waals surface area contributed by atoms with Crippen LogP contribution in [0.25, 0.3) is 0 Å². The van der Waals surface area contributed by atoms with E-state index in [-0.39, 0.29) is 5.91 Å². The molecular formula is C13H16BrNO3S. The number of carbonyl (C=O) groups is 2. The molecule has 2 rings (SSSR count). The molecule has 2 unspecified atom stereocenters. The molecule has 6 heteroatoms. The van der Waals surface area contributed by atoms with Gasteiger partial charge < -0.3 is 10.0 Å². The number of halogens is 1. The Morgan fingerprint density at radius 1 is 1.47 bits per heavy atom. The van der Waals surface area contributed by atoms with Gasteiger partial charge in [0.25, 0.3) is 0 Å². The second-order valence-electron chi connectivity index (χ2n) is 5.57. The molecular weight excluding hydrogens is 330 g/mol. The van der Waals surface area contributed by atoms with Crippen LogP contribution in [0.3, 0.4) is 0 Å². The number of nitrogens with zero attached hydrogens (tertiary/aromatic N) is 1. The summed E-state index contributed by atoms with van der Waals surface area (Å²) in [5, 5.41) is 11.1. The van der Waals surface area contributed by atoms with Crippen LogP contribution < -0.4 is 0 Å². The summed E-state index contributed by atoms with van der Waals surface area (Å²) in [6.45, 7) is 4.19. The van der Waals surface area contributed by atoms with Crippen molar-refractivity contribution in [1.29, 1.82) is 0 Å². The average Bonchev–Trinajstić information content (AvgIpc) is 2.63. The first kappa shape index (κ1) is 14.5. The second-order valence-corrected chi connectivity index (χ2v) is 7.86. The summed E-state index contributed by atoms with van der Waals surface area (Å²) in [5.41, 5.74) is 0.616. The smallest absolute Gasteiger partial charge is 0.307 e. The fourth-order valence-corrected chi connectivity index (χ4v) is 3.78. The lowest BCUT2D eigenvalue weighted by molar-refractivity contribution is -0.141. The maximum Gasteiger partial charge on any atom is 0.307 e. The zero-order valence-corrected chi connectivity index (χ0v) is 13.4. The van der Waals surface area contributed by atoms with Gasteiger partial charge in [0.15, 0.2) is 0 Å². The lowest BCUT2D eigenvalue weighted by atomic mass is 10.1. The molecule has 0 saturated heterocycles. The van der Waals surface area contributed by atoms with Crippen molar-refractivity contribution in [3.63, 3.8) is 0 Å². The molecule has 1 N–H and O–H groups in total. The Balaban J connectivity index is 2.03. The summed E-state index contributed by atoms with van der Waals surface area (Å²) >= 11 is 4.96. The predicted octanol–water partition coefficient (Wildman–Crippen LogP) is 2.83. The molecule has 104 valence electrons. The van der Waals surface area contributed by atoms with E-state index in [1.807, 2.05) is 25.3 Å². The summed E-state index contributed by atoms with van der Waals surface area (Å²) in [4.78, 5) is 25.0. The third-order valence-electron chi connectivity index (χ3n) is 3.78. The molecule has 4 nitrogen and oxygen atoms in total. The van der Waals surface area contributed by atoms with E-state index in [0.717, 1.165) is 9.35 Å². The number of rotatable bonds is 4. The summed E-state index contributed by atoms with van der Waals surface area (Å²) in [5.74, 6) is -1.93.